The van der Waals surface area contributed by atoms with Gasteiger partial charge in [-0.25, -0.2) is 14.8 Å². The molecule has 4 amide bonds. The Morgan fingerprint density at radius 3 is 2.46 bits per heavy atom. The number of rotatable bonds is 14. The van der Waals surface area contributed by atoms with E-state index in [2.05, 4.69) is 67.0 Å². The van der Waals surface area contributed by atoms with Crippen LogP contribution in [0.3, 0.4) is 0 Å². The number of benzene rings is 4. The fourth-order valence-corrected chi connectivity index (χ4v) is 11.7. The molecule has 15 nitrogen and oxygen atoms in total. The third kappa shape index (κ3) is 11.1. The number of carbonyl (C=O) groups excluding carboxylic acids is 5. The van der Waals surface area contributed by atoms with E-state index in [1.807, 2.05) is 94.5 Å². The van der Waals surface area contributed by atoms with Crippen molar-refractivity contribution in [2.24, 2.45) is 13.0 Å². The van der Waals surface area contributed by atoms with Gasteiger partial charge < -0.3 is 15.0 Å². The summed E-state index contributed by atoms with van der Waals surface area (Å²) in [6, 6.07) is 29.6. The van der Waals surface area contributed by atoms with Crippen molar-refractivity contribution >= 4 is 78.7 Å². The molecule has 0 radical (unpaired) electrons. The van der Waals surface area contributed by atoms with Crippen molar-refractivity contribution in [2.75, 3.05) is 41.7 Å². The first-order valence-corrected chi connectivity index (χ1v) is 26.6. The van der Waals surface area contributed by atoms with Gasteiger partial charge in [0.05, 0.1) is 33.9 Å². The van der Waals surface area contributed by atoms with E-state index in [1.165, 1.54) is 16.9 Å². The number of unbranched alkanes of at least 4 members (excludes halogenated alkanes) is 1. The van der Waals surface area contributed by atoms with Gasteiger partial charge in [-0.05, 0) is 162 Å². The van der Waals surface area contributed by atoms with E-state index < -0.39 is 17.5 Å². The van der Waals surface area contributed by atoms with Gasteiger partial charge in [0.15, 0.2) is 10.8 Å². The largest absolute Gasteiger partial charge is 0.455 e. The zero-order valence-corrected chi connectivity index (χ0v) is 43.6. The first kappa shape index (κ1) is 50.2. The Kier molecular flexibility index (Phi) is 14.4. The van der Waals surface area contributed by atoms with Gasteiger partial charge in [0.25, 0.3) is 5.91 Å². The number of aryl methyl sites for hydroxylation is 2. The summed E-state index contributed by atoms with van der Waals surface area (Å²) in [5.41, 5.74) is 9.19. The Morgan fingerprint density at radius 2 is 1.66 bits per heavy atom. The van der Waals surface area contributed by atoms with E-state index in [1.54, 1.807) is 4.68 Å². The van der Waals surface area contributed by atoms with Crippen molar-refractivity contribution in [2.45, 2.75) is 104 Å². The maximum absolute atomic E-state index is 14.1. The Hall–Kier alpha value is -7.30. The summed E-state index contributed by atoms with van der Waals surface area (Å²) in [7, 11) is 1.82. The second-order valence-corrected chi connectivity index (χ2v) is 22.0. The van der Waals surface area contributed by atoms with Gasteiger partial charge in [0.1, 0.15) is 11.4 Å². The van der Waals surface area contributed by atoms with Crippen molar-refractivity contribution < 1.29 is 28.7 Å². The van der Waals surface area contributed by atoms with Crippen molar-refractivity contribution in [1.29, 1.82) is 0 Å². The van der Waals surface area contributed by atoms with Crippen molar-refractivity contribution in [1.82, 2.24) is 30.0 Å². The van der Waals surface area contributed by atoms with Crippen LogP contribution in [0.25, 0.3) is 32.2 Å². The third-order valence-electron chi connectivity index (χ3n) is 14.7. The number of ether oxygens (including phenoxy) is 1. The molecule has 16 heteroatoms. The summed E-state index contributed by atoms with van der Waals surface area (Å²) in [6.45, 7) is 10.9. The first-order chi connectivity index (χ1) is 35.6. The minimum atomic E-state index is -0.726. The fourth-order valence-electron chi connectivity index (χ4n) is 10.8. The lowest BCUT2D eigenvalue weighted by molar-refractivity contribution is -0.134. The molecule has 3 aromatic heterocycles. The standard InChI is InChI=1S/C58H63N9O6S/c1-35-37(13-7-6-12-36-26-29-66(30-27-36)34-51(69)59-39-20-21-43-47(32-39)65(5)64-52(43)44-23-25-50(68)62-55(44)71)14-10-16-40(35)41-22-24-49(61-53(41)56(72)73-58(2,3)4)67-31-28-38-15-11-17-42(45(38)33-67)54(70)63-57-60-46-18-8-9-19-48(46)74-57/h8-11,14-22,24,32,36,44H,6-7,12-13,23,25-31,33-34H2,1-5H3,(H,59,69)(H,60,63,70)(H,62,68,71). The molecule has 2 saturated heterocycles. The van der Waals surface area contributed by atoms with Gasteiger partial charge in [0, 0.05) is 48.8 Å². The van der Waals surface area contributed by atoms with Crippen LogP contribution in [0.15, 0.2) is 91.0 Å². The topological polar surface area (TPSA) is 181 Å². The number of likely N-dealkylation sites (tertiary alicyclic amines) is 1. The molecule has 0 saturated carbocycles. The first-order valence-electron chi connectivity index (χ1n) is 25.8. The molecule has 3 aliphatic heterocycles. The van der Waals surface area contributed by atoms with Crippen LogP contribution in [-0.4, -0.2) is 86.0 Å². The summed E-state index contributed by atoms with van der Waals surface area (Å²) in [4.78, 5) is 79.4. The van der Waals surface area contributed by atoms with E-state index >= 15 is 0 Å². The van der Waals surface area contributed by atoms with Gasteiger partial charge >= 0.3 is 5.97 Å². The summed E-state index contributed by atoms with van der Waals surface area (Å²) < 4.78 is 8.72. The maximum atomic E-state index is 14.1. The number of imide groups is 1. The number of amides is 4. The normalized spacial score (nSPS) is 16.6. The number of anilines is 3. The number of piperidine rings is 2. The minimum Gasteiger partial charge on any atom is -0.455 e. The molecule has 74 heavy (non-hydrogen) atoms. The van der Waals surface area contributed by atoms with Gasteiger partial charge in [-0.1, -0.05) is 66.6 Å². The lowest BCUT2D eigenvalue weighted by Crippen LogP contribution is -2.39. The van der Waals surface area contributed by atoms with Crippen LogP contribution in [0.5, 0.6) is 0 Å². The highest BCUT2D eigenvalue weighted by Crippen LogP contribution is 2.36. The molecule has 4 aromatic carbocycles. The van der Waals surface area contributed by atoms with Gasteiger partial charge in [-0.15, -0.1) is 0 Å². The SMILES string of the molecule is Cc1c(CCCCC2CCN(CC(=O)Nc3ccc4c(C5CCC(=O)NC5=O)nn(C)c4c3)CC2)cccc1-c1ccc(N2CCc3cccc(C(=O)Nc4nc5ccccc5s4)c3C2)nc1C(=O)OC(C)(C)C. The lowest BCUT2D eigenvalue weighted by atomic mass is 9.89. The number of hydrogen-bond donors (Lipinski definition) is 3. The number of thiazole rings is 1. The molecular formula is C58H63N9O6S. The maximum Gasteiger partial charge on any atom is 0.358 e. The van der Waals surface area contributed by atoms with Crippen molar-refractivity contribution in [3.63, 3.8) is 0 Å². The minimum absolute atomic E-state index is 0.0650. The van der Waals surface area contributed by atoms with Gasteiger partial charge in [-0.2, -0.15) is 5.10 Å². The zero-order chi connectivity index (χ0) is 51.7. The van der Waals surface area contributed by atoms with Crippen LogP contribution in [0.1, 0.15) is 120 Å². The van der Waals surface area contributed by atoms with Crippen LogP contribution in [0.2, 0.25) is 0 Å². The number of fused-ring (bicyclic) bond motifs is 3. The molecule has 3 N–H and O–H groups in total. The fraction of sp³-hybridized carbons (Fsp3) is 0.379. The Morgan fingerprint density at radius 1 is 0.851 bits per heavy atom. The Balaban J connectivity index is 0.741. The Labute approximate surface area is 435 Å². The van der Waals surface area contributed by atoms with Crippen molar-refractivity contribution in [3.05, 3.63) is 130 Å². The molecule has 0 aliphatic carbocycles. The molecule has 2 fully saturated rings. The van der Waals surface area contributed by atoms with E-state index in [9.17, 15) is 24.0 Å². The smallest absolute Gasteiger partial charge is 0.358 e. The van der Waals surface area contributed by atoms with Gasteiger partial charge in [0.2, 0.25) is 17.7 Å². The third-order valence-corrected chi connectivity index (χ3v) is 15.6. The number of aromatic nitrogens is 4. The van der Waals surface area contributed by atoms with E-state index in [0.717, 1.165) is 101 Å². The number of para-hydroxylation sites is 1. The molecule has 10 rings (SSSR count). The summed E-state index contributed by atoms with van der Waals surface area (Å²) in [6.07, 6.45) is 7.71. The number of esters is 1. The number of nitrogens with one attached hydrogen (secondary N) is 3. The highest BCUT2D eigenvalue weighted by molar-refractivity contribution is 7.22. The summed E-state index contributed by atoms with van der Waals surface area (Å²) in [5.74, 6) is -0.565. The predicted molar refractivity (Wildman–Crippen MR) is 290 cm³/mol. The molecule has 0 spiro atoms. The second-order valence-electron chi connectivity index (χ2n) is 21.0. The molecule has 382 valence electrons. The molecule has 1 unspecified atom stereocenters. The number of hydrogen-bond acceptors (Lipinski definition) is 12. The molecule has 6 heterocycles. The van der Waals surface area contributed by atoms with Crippen molar-refractivity contribution in [3.8, 4) is 11.1 Å². The summed E-state index contributed by atoms with van der Waals surface area (Å²) in [5, 5.41) is 14.5. The molecule has 3 aliphatic rings. The van der Waals surface area contributed by atoms with Crippen LogP contribution < -0.4 is 20.9 Å². The van der Waals surface area contributed by atoms with Gasteiger partial charge in [-0.3, -0.25) is 39.4 Å². The average Bonchev–Trinajstić information content (AvgIpc) is 3.94. The summed E-state index contributed by atoms with van der Waals surface area (Å²) >= 11 is 1.45. The molecule has 7 aromatic rings. The highest BCUT2D eigenvalue weighted by Gasteiger charge is 2.32. The van der Waals surface area contributed by atoms with Crippen LogP contribution >= 0.6 is 11.3 Å². The Bertz CT molecular complexity index is 3280. The highest BCUT2D eigenvalue weighted by atomic mass is 32.1. The zero-order valence-electron chi connectivity index (χ0n) is 42.8. The second kappa shape index (κ2) is 21.3. The average molecular weight is 1010 g/mol. The monoisotopic (exact) mass is 1010 g/mol. The number of nitrogens with zero attached hydrogens (tertiary/aromatic N) is 6. The number of carbonyl (C=O) groups is 5. The number of pyridine rings is 1. The lowest BCUT2D eigenvalue weighted by Gasteiger charge is -2.31. The van der Waals surface area contributed by atoms with Crippen LogP contribution in [0.4, 0.5) is 16.6 Å². The van der Waals surface area contributed by atoms with E-state index in [4.69, 9.17) is 9.72 Å². The van der Waals surface area contributed by atoms with E-state index in [0.29, 0.717) is 66.3 Å². The predicted octanol–water partition coefficient (Wildman–Crippen LogP) is 9.91. The molecule has 0 bridgehead atoms. The van der Waals surface area contributed by atoms with Crippen LogP contribution in [-0.2, 0) is 45.6 Å². The van der Waals surface area contributed by atoms with E-state index in [-0.39, 0.29) is 35.7 Å². The molecule has 1 atom stereocenters. The molecular weight excluding hydrogens is 951 g/mol. The van der Waals surface area contributed by atoms with Crippen LogP contribution in [0, 0.1) is 12.8 Å². The quantitative estimate of drug-likeness (QED) is 0.0536.